The molecule has 0 amide bonds. The van der Waals surface area contributed by atoms with Crippen molar-refractivity contribution in [3.05, 3.63) is 23.8 Å². The van der Waals surface area contributed by atoms with Gasteiger partial charge >= 0.3 is 0 Å². The Morgan fingerprint density at radius 2 is 2.24 bits per heavy atom. The monoisotopic (exact) mass is 235 g/mol. The molecule has 0 aliphatic carbocycles. The highest BCUT2D eigenvalue weighted by Crippen LogP contribution is 2.33. The van der Waals surface area contributed by atoms with Gasteiger partial charge in [0.1, 0.15) is 7.85 Å². The maximum atomic E-state index is 12.0. The molecule has 1 aliphatic heterocycles. The number of aliphatic hydroxyl groups is 1. The smallest absolute Gasteiger partial charge is 0.231 e. The molecule has 0 spiro atoms. The second-order valence-corrected chi connectivity index (χ2v) is 4.00. The molecule has 17 heavy (non-hydrogen) atoms. The number of benzene rings is 1. The quantitative estimate of drug-likeness (QED) is 0.418. The minimum absolute atomic E-state index is 0.163. The van der Waals surface area contributed by atoms with E-state index >= 15 is 0 Å². The van der Waals surface area contributed by atoms with Gasteiger partial charge in [0.25, 0.3) is 0 Å². The van der Waals surface area contributed by atoms with E-state index in [1.807, 2.05) is 7.85 Å². The van der Waals surface area contributed by atoms with Gasteiger partial charge in [0.15, 0.2) is 17.2 Å². The van der Waals surface area contributed by atoms with Crippen molar-refractivity contribution in [2.24, 2.45) is 0 Å². The summed E-state index contributed by atoms with van der Waals surface area (Å²) < 4.78 is 10.3. The van der Waals surface area contributed by atoms with E-state index in [0.29, 0.717) is 23.5 Å². The minimum atomic E-state index is -1.57. The second kappa shape index (κ2) is 4.39. The molecule has 5 nitrogen and oxygen atoms in total. The van der Waals surface area contributed by atoms with E-state index in [0.717, 1.165) is 0 Å². The molecule has 0 aromatic heterocycles. The zero-order chi connectivity index (χ0) is 12.5. The first kappa shape index (κ1) is 11.9. The van der Waals surface area contributed by atoms with Crippen molar-refractivity contribution in [1.29, 1.82) is 0 Å². The van der Waals surface area contributed by atoms with Gasteiger partial charge in [-0.25, -0.2) is 0 Å². The number of ketones is 1. The lowest BCUT2D eigenvalue weighted by molar-refractivity contribution is 0.0263. The van der Waals surface area contributed by atoms with Crippen LogP contribution in [0.15, 0.2) is 18.2 Å². The number of ether oxygens (including phenoxy) is 2. The predicted octanol–water partition coefficient (Wildman–Crippen LogP) is -0.513. The van der Waals surface area contributed by atoms with Crippen LogP contribution < -0.4 is 14.8 Å². The molecule has 2 N–H and O–H groups in total. The molecule has 0 unspecified atom stereocenters. The van der Waals surface area contributed by atoms with E-state index in [1.54, 1.807) is 18.2 Å². The Morgan fingerprint density at radius 3 is 2.94 bits per heavy atom. The molecule has 0 bridgehead atoms. The molecule has 2 rings (SSSR count). The summed E-state index contributed by atoms with van der Waals surface area (Å²) in [5, 5.41) is 12.7. The van der Waals surface area contributed by atoms with Crippen LogP contribution in [0.4, 0.5) is 0 Å². The van der Waals surface area contributed by atoms with Crippen LogP contribution in [0.5, 0.6) is 11.5 Å². The second-order valence-electron chi connectivity index (χ2n) is 4.00. The maximum absolute atomic E-state index is 12.0. The molecule has 0 saturated carbocycles. The summed E-state index contributed by atoms with van der Waals surface area (Å²) >= 11 is 0. The standard InChI is InChI=1S/C11H14BNO4/c1-11(15,13-5-12)10(14)7-2-3-8-9(4-7)17-6-16-8/h2-4,13,15H,5-6,12H2,1H3/t11-/m0/s1. The average molecular weight is 235 g/mol. The van der Waals surface area contributed by atoms with Gasteiger partial charge in [-0.05, 0) is 31.6 Å². The van der Waals surface area contributed by atoms with Crippen LogP contribution in [0.1, 0.15) is 17.3 Å². The summed E-state index contributed by atoms with van der Waals surface area (Å²) in [6.45, 7) is 1.60. The minimum Gasteiger partial charge on any atom is -0.454 e. The van der Waals surface area contributed by atoms with E-state index in [-0.39, 0.29) is 6.79 Å². The lowest BCUT2D eigenvalue weighted by Gasteiger charge is -2.22. The first-order valence-electron chi connectivity index (χ1n) is 5.46. The Hall–Kier alpha value is -1.53. The zero-order valence-corrected chi connectivity index (χ0v) is 9.82. The van der Waals surface area contributed by atoms with Crippen LogP contribution in [0.25, 0.3) is 0 Å². The highest BCUT2D eigenvalue weighted by molar-refractivity contribution is 6.09. The number of hydrogen-bond acceptors (Lipinski definition) is 5. The Kier molecular flexibility index (Phi) is 3.08. The van der Waals surface area contributed by atoms with Gasteiger partial charge in [-0.15, -0.1) is 0 Å². The Labute approximate surface area is 100 Å². The largest absolute Gasteiger partial charge is 0.454 e. The summed E-state index contributed by atoms with van der Waals surface area (Å²) in [6.07, 6.45) is 0.503. The lowest BCUT2D eigenvalue weighted by Crippen LogP contribution is -2.49. The van der Waals surface area contributed by atoms with Crippen LogP contribution in [0.3, 0.4) is 0 Å². The van der Waals surface area contributed by atoms with Crippen LogP contribution in [0, 0.1) is 0 Å². The Morgan fingerprint density at radius 1 is 1.53 bits per heavy atom. The van der Waals surface area contributed by atoms with Crippen molar-refractivity contribution >= 4 is 13.6 Å². The number of carbonyl (C=O) groups is 1. The highest BCUT2D eigenvalue weighted by Gasteiger charge is 2.30. The summed E-state index contributed by atoms with van der Waals surface area (Å²) in [7, 11) is 1.82. The highest BCUT2D eigenvalue weighted by atomic mass is 16.7. The molecular weight excluding hydrogens is 221 g/mol. The van der Waals surface area contributed by atoms with Crippen LogP contribution in [-0.2, 0) is 0 Å². The fourth-order valence-corrected chi connectivity index (χ4v) is 1.74. The van der Waals surface area contributed by atoms with E-state index in [1.165, 1.54) is 6.92 Å². The Balaban J connectivity index is 2.26. The molecular formula is C11H14BNO4. The first-order chi connectivity index (χ1) is 8.04. The maximum Gasteiger partial charge on any atom is 0.231 e. The van der Waals surface area contributed by atoms with Crippen molar-refractivity contribution in [3.63, 3.8) is 0 Å². The van der Waals surface area contributed by atoms with Gasteiger partial charge in [-0.1, -0.05) is 0 Å². The zero-order valence-electron chi connectivity index (χ0n) is 9.82. The van der Waals surface area contributed by atoms with E-state index < -0.39 is 11.5 Å². The number of fused-ring (bicyclic) bond motifs is 1. The van der Waals surface area contributed by atoms with Crippen molar-refractivity contribution < 1.29 is 19.4 Å². The number of Topliss-reactive ketones (excluding diaryl/α,β-unsaturated/α-hetero) is 1. The number of hydrogen-bond donors (Lipinski definition) is 2. The summed E-state index contributed by atoms with van der Waals surface area (Å²) in [5.74, 6) is 0.755. The van der Waals surface area contributed by atoms with E-state index in [4.69, 9.17) is 9.47 Å². The van der Waals surface area contributed by atoms with E-state index in [9.17, 15) is 9.90 Å². The average Bonchev–Trinajstić information content (AvgIpc) is 2.74. The fraction of sp³-hybridized carbons (Fsp3) is 0.364. The molecule has 1 aromatic carbocycles. The molecule has 0 radical (unpaired) electrons. The van der Waals surface area contributed by atoms with Crippen molar-refractivity contribution in [2.75, 3.05) is 13.2 Å². The van der Waals surface area contributed by atoms with Crippen LogP contribution in [-0.4, -0.2) is 37.7 Å². The van der Waals surface area contributed by atoms with Gasteiger partial charge in [-0.3, -0.25) is 10.1 Å². The van der Waals surface area contributed by atoms with Crippen molar-refractivity contribution in [3.8, 4) is 11.5 Å². The SMILES string of the molecule is BCN[C@@](C)(O)C(=O)c1ccc2c(c1)OCO2. The van der Waals surface area contributed by atoms with Gasteiger partial charge < -0.3 is 14.6 Å². The van der Waals surface area contributed by atoms with Gasteiger partial charge in [-0.2, -0.15) is 0 Å². The summed E-state index contributed by atoms with van der Waals surface area (Å²) in [4.78, 5) is 12.0. The Bertz CT molecular complexity index is 447. The molecule has 0 fully saturated rings. The first-order valence-corrected chi connectivity index (χ1v) is 5.46. The van der Waals surface area contributed by atoms with E-state index in [2.05, 4.69) is 5.32 Å². The van der Waals surface area contributed by atoms with Crippen LogP contribution in [0.2, 0.25) is 0 Å². The topological polar surface area (TPSA) is 67.8 Å². The number of rotatable bonds is 4. The number of nitrogens with one attached hydrogen (secondary N) is 1. The normalized spacial score (nSPS) is 16.6. The third kappa shape index (κ3) is 2.27. The van der Waals surface area contributed by atoms with Gasteiger partial charge in [0.2, 0.25) is 12.6 Å². The van der Waals surface area contributed by atoms with Crippen molar-refractivity contribution in [2.45, 2.75) is 12.6 Å². The summed E-state index contributed by atoms with van der Waals surface area (Å²) in [6, 6.07) is 4.86. The third-order valence-electron chi connectivity index (χ3n) is 2.60. The molecule has 1 atom stereocenters. The third-order valence-corrected chi connectivity index (χ3v) is 2.60. The molecule has 1 aromatic rings. The number of carbonyl (C=O) groups excluding carboxylic acids is 1. The van der Waals surface area contributed by atoms with Gasteiger partial charge in [0.05, 0.1) is 0 Å². The van der Waals surface area contributed by atoms with Crippen LogP contribution >= 0.6 is 0 Å². The molecule has 90 valence electrons. The van der Waals surface area contributed by atoms with Gasteiger partial charge in [0, 0.05) is 5.56 Å². The summed E-state index contributed by atoms with van der Waals surface area (Å²) in [5.41, 5.74) is -1.18. The van der Waals surface area contributed by atoms with Crippen molar-refractivity contribution in [1.82, 2.24) is 5.32 Å². The predicted molar refractivity (Wildman–Crippen MR) is 64.1 cm³/mol. The lowest BCUT2D eigenvalue weighted by atomic mass is 10.00. The molecule has 1 aliphatic rings. The molecule has 6 heteroatoms. The fourth-order valence-electron chi connectivity index (χ4n) is 1.74. The molecule has 0 saturated heterocycles. The molecule has 1 heterocycles.